The standard InChI is InChI=1S/C7H5F3N4O/c1-3-12-14-6(15-3)4-2-11-13-5(4)7(8,9)10/h2H,1H3,(H,11,13). The molecule has 0 unspecified atom stereocenters. The molecule has 2 aromatic rings. The fourth-order valence-electron chi connectivity index (χ4n) is 1.07. The molecule has 2 heterocycles. The van der Waals surface area contributed by atoms with E-state index in [9.17, 15) is 13.2 Å². The lowest BCUT2D eigenvalue weighted by molar-refractivity contribution is -0.140. The highest BCUT2D eigenvalue weighted by atomic mass is 19.4. The lowest BCUT2D eigenvalue weighted by Crippen LogP contribution is -2.07. The van der Waals surface area contributed by atoms with Gasteiger partial charge in [-0.1, -0.05) is 0 Å². The molecule has 0 saturated heterocycles. The Balaban J connectivity index is 2.50. The van der Waals surface area contributed by atoms with Crippen molar-refractivity contribution in [2.75, 3.05) is 0 Å². The topological polar surface area (TPSA) is 67.6 Å². The summed E-state index contributed by atoms with van der Waals surface area (Å²) in [5, 5.41) is 12.1. The van der Waals surface area contributed by atoms with Gasteiger partial charge in [-0.05, 0) is 0 Å². The average Bonchev–Trinajstić information content (AvgIpc) is 2.68. The highest BCUT2D eigenvalue weighted by Gasteiger charge is 2.38. The zero-order chi connectivity index (χ0) is 11.1. The second-order valence-electron chi connectivity index (χ2n) is 2.77. The molecule has 0 amide bonds. The van der Waals surface area contributed by atoms with E-state index >= 15 is 0 Å². The normalized spacial score (nSPS) is 12.0. The Morgan fingerprint density at radius 2 is 2.07 bits per heavy atom. The molecular formula is C7H5F3N4O. The van der Waals surface area contributed by atoms with Crippen molar-refractivity contribution in [2.24, 2.45) is 0 Å². The molecule has 0 aliphatic heterocycles. The number of hydrogen-bond donors (Lipinski definition) is 1. The number of aryl methyl sites for hydroxylation is 1. The first-order valence-electron chi connectivity index (χ1n) is 3.90. The molecule has 0 atom stereocenters. The Kier molecular flexibility index (Phi) is 1.98. The van der Waals surface area contributed by atoms with Gasteiger partial charge in [-0.15, -0.1) is 10.2 Å². The first-order valence-corrected chi connectivity index (χ1v) is 3.90. The summed E-state index contributed by atoms with van der Waals surface area (Å²) in [6.45, 7) is 1.49. The van der Waals surface area contributed by atoms with Crippen molar-refractivity contribution in [3.63, 3.8) is 0 Å². The van der Waals surface area contributed by atoms with Crippen LogP contribution in [0.3, 0.4) is 0 Å². The van der Waals surface area contributed by atoms with E-state index in [1.54, 1.807) is 0 Å². The van der Waals surface area contributed by atoms with Crippen molar-refractivity contribution >= 4 is 0 Å². The van der Waals surface area contributed by atoms with Gasteiger partial charge in [0.1, 0.15) is 0 Å². The van der Waals surface area contributed by atoms with E-state index in [1.807, 2.05) is 0 Å². The number of rotatable bonds is 1. The zero-order valence-corrected chi connectivity index (χ0v) is 7.46. The summed E-state index contributed by atoms with van der Waals surface area (Å²) in [6.07, 6.45) is -3.48. The summed E-state index contributed by atoms with van der Waals surface area (Å²) in [7, 11) is 0. The predicted molar refractivity (Wildman–Crippen MR) is 41.6 cm³/mol. The molecule has 0 spiro atoms. The maximum absolute atomic E-state index is 12.4. The van der Waals surface area contributed by atoms with Crippen LogP contribution in [0.1, 0.15) is 11.6 Å². The molecule has 0 aliphatic carbocycles. The molecule has 0 radical (unpaired) electrons. The van der Waals surface area contributed by atoms with E-state index in [-0.39, 0.29) is 17.3 Å². The third-order valence-corrected chi connectivity index (χ3v) is 1.67. The molecule has 0 bridgehead atoms. The number of nitrogens with zero attached hydrogens (tertiary/aromatic N) is 3. The van der Waals surface area contributed by atoms with E-state index in [4.69, 9.17) is 4.42 Å². The largest absolute Gasteiger partial charge is 0.435 e. The van der Waals surface area contributed by atoms with Gasteiger partial charge in [0.15, 0.2) is 5.69 Å². The smallest absolute Gasteiger partial charge is 0.421 e. The molecule has 15 heavy (non-hydrogen) atoms. The number of nitrogens with one attached hydrogen (secondary N) is 1. The first kappa shape index (κ1) is 9.69. The third kappa shape index (κ3) is 1.69. The molecular weight excluding hydrogens is 213 g/mol. The van der Waals surface area contributed by atoms with Gasteiger partial charge < -0.3 is 4.42 Å². The molecule has 0 fully saturated rings. The second-order valence-corrected chi connectivity index (χ2v) is 2.77. The summed E-state index contributed by atoms with van der Waals surface area (Å²) in [5.74, 6) is -0.00657. The van der Waals surface area contributed by atoms with Crippen LogP contribution in [-0.2, 0) is 6.18 Å². The molecule has 0 aromatic carbocycles. The van der Waals surface area contributed by atoms with Crippen LogP contribution >= 0.6 is 0 Å². The highest BCUT2D eigenvalue weighted by molar-refractivity contribution is 5.55. The van der Waals surface area contributed by atoms with E-state index in [0.29, 0.717) is 0 Å². The van der Waals surface area contributed by atoms with E-state index in [2.05, 4.69) is 20.4 Å². The highest BCUT2D eigenvalue weighted by Crippen LogP contribution is 2.34. The molecule has 80 valence electrons. The molecule has 0 saturated carbocycles. The number of hydrogen-bond acceptors (Lipinski definition) is 4. The van der Waals surface area contributed by atoms with Crippen LogP contribution in [-0.4, -0.2) is 20.4 Å². The van der Waals surface area contributed by atoms with Crippen molar-refractivity contribution < 1.29 is 17.6 Å². The van der Waals surface area contributed by atoms with Crippen LogP contribution in [0.2, 0.25) is 0 Å². The fourth-order valence-corrected chi connectivity index (χ4v) is 1.07. The predicted octanol–water partition coefficient (Wildman–Crippen LogP) is 1.79. The first-order chi connectivity index (χ1) is 6.98. The van der Waals surface area contributed by atoms with Gasteiger partial charge in [-0.2, -0.15) is 18.3 Å². The van der Waals surface area contributed by atoms with Gasteiger partial charge in [0.25, 0.3) is 5.89 Å². The number of alkyl halides is 3. The summed E-state index contributed by atoms with van der Waals surface area (Å²) < 4.78 is 42.1. The van der Waals surface area contributed by atoms with Crippen LogP contribution in [0.25, 0.3) is 11.5 Å². The minimum absolute atomic E-state index is 0.194. The lowest BCUT2D eigenvalue weighted by atomic mass is 10.2. The Hall–Kier alpha value is -1.86. The molecule has 5 nitrogen and oxygen atoms in total. The summed E-state index contributed by atoms with van der Waals surface area (Å²) >= 11 is 0. The van der Waals surface area contributed by atoms with Gasteiger partial charge in [0, 0.05) is 13.1 Å². The Morgan fingerprint density at radius 1 is 1.33 bits per heavy atom. The number of H-pyrrole nitrogens is 1. The SMILES string of the molecule is Cc1nnc(-c2c[nH]nc2C(F)(F)F)o1. The van der Waals surface area contributed by atoms with Crippen LogP contribution in [0.15, 0.2) is 10.6 Å². The molecule has 0 aliphatic rings. The number of halogens is 3. The lowest BCUT2D eigenvalue weighted by Gasteiger charge is -2.02. The van der Waals surface area contributed by atoms with Gasteiger partial charge >= 0.3 is 6.18 Å². The number of aromatic amines is 1. The third-order valence-electron chi connectivity index (χ3n) is 1.67. The fraction of sp³-hybridized carbons (Fsp3) is 0.286. The Morgan fingerprint density at radius 3 is 2.60 bits per heavy atom. The Labute approximate surface area is 81.3 Å². The van der Waals surface area contributed by atoms with Crippen molar-refractivity contribution in [3.8, 4) is 11.5 Å². The zero-order valence-electron chi connectivity index (χ0n) is 7.46. The van der Waals surface area contributed by atoms with Crippen molar-refractivity contribution in [2.45, 2.75) is 13.1 Å². The summed E-state index contributed by atoms with van der Waals surface area (Å²) in [6, 6.07) is 0. The van der Waals surface area contributed by atoms with E-state index in [0.717, 1.165) is 6.20 Å². The van der Waals surface area contributed by atoms with E-state index < -0.39 is 11.9 Å². The second kappa shape index (κ2) is 3.07. The Bertz CT molecular complexity index is 473. The molecule has 2 rings (SSSR count). The summed E-state index contributed by atoms with van der Waals surface area (Å²) in [4.78, 5) is 0. The van der Waals surface area contributed by atoms with Gasteiger partial charge in [0.05, 0.1) is 5.56 Å². The van der Waals surface area contributed by atoms with Crippen LogP contribution < -0.4 is 0 Å². The minimum Gasteiger partial charge on any atom is -0.421 e. The summed E-state index contributed by atoms with van der Waals surface area (Å²) in [5.41, 5.74) is -1.31. The van der Waals surface area contributed by atoms with Gasteiger partial charge in [0.2, 0.25) is 5.89 Å². The molecule has 8 heteroatoms. The van der Waals surface area contributed by atoms with Crippen molar-refractivity contribution in [1.82, 2.24) is 20.4 Å². The maximum atomic E-state index is 12.4. The van der Waals surface area contributed by atoms with Crippen LogP contribution in [0.4, 0.5) is 13.2 Å². The van der Waals surface area contributed by atoms with E-state index in [1.165, 1.54) is 6.92 Å². The molecule has 1 N–H and O–H groups in total. The van der Waals surface area contributed by atoms with Gasteiger partial charge in [-0.3, -0.25) is 5.10 Å². The average molecular weight is 218 g/mol. The van der Waals surface area contributed by atoms with Crippen LogP contribution in [0, 0.1) is 6.92 Å². The quantitative estimate of drug-likeness (QED) is 0.792. The van der Waals surface area contributed by atoms with Crippen LogP contribution in [0.5, 0.6) is 0 Å². The minimum atomic E-state index is -4.54. The number of aromatic nitrogens is 4. The van der Waals surface area contributed by atoms with Crippen molar-refractivity contribution in [1.29, 1.82) is 0 Å². The van der Waals surface area contributed by atoms with Gasteiger partial charge in [-0.25, -0.2) is 0 Å². The molecule has 2 aromatic heterocycles. The maximum Gasteiger partial charge on any atom is 0.435 e. The van der Waals surface area contributed by atoms with Crippen molar-refractivity contribution in [3.05, 3.63) is 17.8 Å². The monoisotopic (exact) mass is 218 g/mol.